The third kappa shape index (κ3) is 1.39. The highest BCUT2D eigenvalue weighted by molar-refractivity contribution is 5.16. The van der Waals surface area contributed by atoms with Gasteiger partial charge in [-0.1, -0.05) is 20.8 Å². The summed E-state index contributed by atoms with van der Waals surface area (Å²) in [6.07, 6.45) is 4.70. The van der Waals surface area contributed by atoms with Gasteiger partial charge in [0.25, 0.3) is 0 Å². The Hall–Kier alpha value is -0.0400. The van der Waals surface area contributed by atoms with Gasteiger partial charge in [-0.05, 0) is 61.3 Å². The second-order valence-corrected chi connectivity index (χ2v) is 6.39. The van der Waals surface area contributed by atoms with Crippen molar-refractivity contribution in [3.8, 4) is 0 Å². The zero-order valence-electron chi connectivity index (χ0n) is 10.4. The number of hydrogen-bond donors (Lipinski definition) is 1. The van der Waals surface area contributed by atoms with Gasteiger partial charge < -0.3 is 5.32 Å². The van der Waals surface area contributed by atoms with E-state index in [0.717, 1.165) is 48.1 Å². The molecule has 0 heterocycles. The van der Waals surface area contributed by atoms with Crippen LogP contribution in [-0.4, -0.2) is 12.6 Å². The van der Waals surface area contributed by atoms with Crippen molar-refractivity contribution in [3.05, 3.63) is 0 Å². The Morgan fingerprint density at radius 3 is 2.20 bits per heavy atom. The minimum Gasteiger partial charge on any atom is -0.314 e. The van der Waals surface area contributed by atoms with Crippen molar-refractivity contribution in [3.63, 3.8) is 0 Å². The lowest BCUT2D eigenvalue weighted by molar-refractivity contribution is 0.305. The van der Waals surface area contributed by atoms with Crippen molar-refractivity contribution in [1.29, 1.82) is 0 Å². The molecular formula is C14H25N. The molecule has 0 aromatic carbocycles. The first kappa shape index (κ1) is 10.1. The second kappa shape index (κ2) is 3.48. The molecule has 0 spiro atoms. The molecule has 86 valence electrons. The second-order valence-electron chi connectivity index (χ2n) is 6.39. The topological polar surface area (TPSA) is 12.0 Å². The molecule has 5 unspecified atom stereocenters. The van der Waals surface area contributed by atoms with Crippen LogP contribution in [0.25, 0.3) is 0 Å². The largest absolute Gasteiger partial charge is 0.314 e. The molecule has 0 aromatic heterocycles. The Kier molecular flexibility index (Phi) is 2.35. The lowest BCUT2D eigenvalue weighted by atomic mass is 9.91. The molecule has 1 heteroatoms. The maximum absolute atomic E-state index is 3.74. The number of fused-ring (bicyclic) bond motifs is 5. The summed E-state index contributed by atoms with van der Waals surface area (Å²) < 4.78 is 0. The summed E-state index contributed by atoms with van der Waals surface area (Å²) in [5, 5.41) is 3.74. The van der Waals surface area contributed by atoms with E-state index in [1.807, 2.05) is 0 Å². The highest BCUT2D eigenvalue weighted by atomic mass is 15.0. The molecule has 0 radical (unpaired) electrons. The van der Waals surface area contributed by atoms with Crippen LogP contribution in [0.2, 0.25) is 0 Å². The SMILES string of the molecule is CCNC(C(C)C)C1C2C3CCC(C3)C21. The Labute approximate surface area is 94.0 Å². The molecule has 2 bridgehead atoms. The molecule has 0 saturated heterocycles. The molecule has 1 nitrogen and oxygen atoms in total. The van der Waals surface area contributed by atoms with E-state index in [2.05, 4.69) is 26.1 Å². The summed E-state index contributed by atoms with van der Waals surface area (Å²) in [4.78, 5) is 0. The maximum Gasteiger partial charge on any atom is 0.0124 e. The van der Waals surface area contributed by atoms with Crippen molar-refractivity contribution in [2.24, 2.45) is 35.5 Å². The van der Waals surface area contributed by atoms with Gasteiger partial charge in [-0.25, -0.2) is 0 Å². The quantitative estimate of drug-likeness (QED) is 0.747. The van der Waals surface area contributed by atoms with Gasteiger partial charge in [-0.15, -0.1) is 0 Å². The van der Waals surface area contributed by atoms with Gasteiger partial charge >= 0.3 is 0 Å². The van der Waals surface area contributed by atoms with Crippen molar-refractivity contribution in [2.45, 2.75) is 46.1 Å². The van der Waals surface area contributed by atoms with E-state index in [9.17, 15) is 0 Å². The Balaban J connectivity index is 1.69. The lowest BCUT2D eigenvalue weighted by Gasteiger charge is -2.24. The molecule has 3 saturated carbocycles. The molecule has 3 aliphatic rings. The van der Waals surface area contributed by atoms with Gasteiger partial charge in [0, 0.05) is 6.04 Å². The normalized spacial score (nSPS) is 48.4. The van der Waals surface area contributed by atoms with Crippen molar-refractivity contribution in [1.82, 2.24) is 5.32 Å². The van der Waals surface area contributed by atoms with Crippen LogP contribution in [0, 0.1) is 35.5 Å². The van der Waals surface area contributed by atoms with E-state index >= 15 is 0 Å². The minimum absolute atomic E-state index is 0.813. The average molecular weight is 207 g/mol. The first-order chi connectivity index (χ1) is 7.24. The molecule has 5 atom stereocenters. The van der Waals surface area contributed by atoms with Crippen LogP contribution in [0.1, 0.15) is 40.0 Å². The fourth-order valence-corrected chi connectivity index (χ4v) is 4.92. The monoisotopic (exact) mass is 207 g/mol. The summed E-state index contributed by atoms with van der Waals surface area (Å²) in [6, 6.07) is 0.813. The predicted octanol–water partition coefficient (Wildman–Crippen LogP) is 2.91. The third-order valence-electron chi connectivity index (χ3n) is 5.37. The van der Waals surface area contributed by atoms with Crippen LogP contribution in [0.3, 0.4) is 0 Å². The molecule has 3 fully saturated rings. The van der Waals surface area contributed by atoms with Gasteiger partial charge in [-0.3, -0.25) is 0 Å². The summed E-state index contributed by atoms with van der Waals surface area (Å²) in [7, 11) is 0. The molecule has 0 amide bonds. The zero-order chi connectivity index (χ0) is 10.6. The highest BCUT2D eigenvalue weighted by Gasteiger charge is 2.66. The molecule has 1 N–H and O–H groups in total. The van der Waals surface area contributed by atoms with Gasteiger partial charge in [0.15, 0.2) is 0 Å². The van der Waals surface area contributed by atoms with Crippen LogP contribution < -0.4 is 5.32 Å². The smallest absolute Gasteiger partial charge is 0.0124 e. The Morgan fingerprint density at radius 2 is 1.73 bits per heavy atom. The van der Waals surface area contributed by atoms with Gasteiger partial charge in [0.2, 0.25) is 0 Å². The Bertz CT molecular complexity index is 232. The van der Waals surface area contributed by atoms with Gasteiger partial charge in [0.1, 0.15) is 0 Å². The number of hydrogen-bond acceptors (Lipinski definition) is 1. The summed E-state index contributed by atoms with van der Waals surface area (Å²) >= 11 is 0. The molecule has 3 rings (SSSR count). The average Bonchev–Trinajstić information content (AvgIpc) is 2.64. The van der Waals surface area contributed by atoms with E-state index in [-0.39, 0.29) is 0 Å². The predicted molar refractivity (Wildman–Crippen MR) is 63.6 cm³/mol. The van der Waals surface area contributed by atoms with E-state index in [0.29, 0.717) is 0 Å². The first-order valence-corrected chi connectivity index (χ1v) is 6.97. The van der Waals surface area contributed by atoms with E-state index in [1.54, 1.807) is 19.3 Å². The molecule has 3 aliphatic carbocycles. The van der Waals surface area contributed by atoms with Crippen molar-refractivity contribution < 1.29 is 0 Å². The Morgan fingerprint density at radius 1 is 1.13 bits per heavy atom. The van der Waals surface area contributed by atoms with Crippen LogP contribution in [0.15, 0.2) is 0 Å². The van der Waals surface area contributed by atoms with Crippen LogP contribution in [0.4, 0.5) is 0 Å². The molecule has 0 aromatic rings. The summed E-state index contributed by atoms with van der Waals surface area (Å²) in [6.45, 7) is 8.18. The lowest BCUT2D eigenvalue weighted by Crippen LogP contribution is -2.37. The first-order valence-electron chi connectivity index (χ1n) is 6.97. The van der Waals surface area contributed by atoms with Crippen LogP contribution in [-0.2, 0) is 0 Å². The van der Waals surface area contributed by atoms with Gasteiger partial charge in [-0.2, -0.15) is 0 Å². The van der Waals surface area contributed by atoms with Crippen molar-refractivity contribution in [2.75, 3.05) is 6.54 Å². The molecule has 0 aliphatic heterocycles. The highest BCUT2D eigenvalue weighted by Crippen LogP contribution is 2.70. The standard InChI is InChI=1S/C14H25N/c1-4-15-14(8(2)3)13-11-9-5-6-10(7-9)12(11)13/h8-15H,4-7H2,1-3H3. The zero-order valence-corrected chi connectivity index (χ0v) is 10.4. The van der Waals surface area contributed by atoms with E-state index in [4.69, 9.17) is 0 Å². The van der Waals surface area contributed by atoms with Crippen LogP contribution >= 0.6 is 0 Å². The van der Waals surface area contributed by atoms with E-state index in [1.165, 1.54) is 0 Å². The van der Waals surface area contributed by atoms with Gasteiger partial charge in [0.05, 0.1) is 0 Å². The number of nitrogens with one attached hydrogen (secondary N) is 1. The summed E-state index contributed by atoms with van der Waals surface area (Å²) in [5.74, 6) is 6.40. The summed E-state index contributed by atoms with van der Waals surface area (Å²) in [5.41, 5.74) is 0. The van der Waals surface area contributed by atoms with E-state index < -0.39 is 0 Å². The fraction of sp³-hybridized carbons (Fsp3) is 1.00. The van der Waals surface area contributed by atoms with Crippen LogP contribution in [0.5, 0.6) is 0 Å². The van der Waals surface area contributed by atoms with Crippen molar-refractivity contribution >= 4 is 0 Å². The molecule has 15 heavy (non-hydrogen) atoms. The fourth-order valence-electron chi connectivity index (χ4n) is 4.92. The third-order valence-corrected chi connectivity index (χ3v) is 5.37. The number of rotatable bonds is 4. The molecular weight excluding hydrogens is 182 g/mol. The minimum atomic E-state index is 0.813. The maximum atomic E-state index is 3.74.